The van der Waals surface area contributed by atoms with Crippen LogP contribution in [0.25, 0.3) is 0 Å². The van der Waals surface area contributed by atoms with E-state index in [9.17, 15) is 14.4 Å². The molecular formula is C21H16ClN3O5S. The van der Waals surface area contributed by atoms with Crippen molar-refractivity contribution in [2.24, 2.45) is 5.10 Å². The van der Waals surface area contributed by atoms with Gasteiger partial charge in [0.1, 0.15) is 4.88 Å². The molecule has 2 amide bonds. The van der Waals surface area contributed by atoms with Crippen LogP contribution in [0.15, 0.2) is 65.1 Å². The number of hydrazone groups is 1. The molecule has 0 aliphatic heterocycles. The zero-order chi connectivity index (χ0) is 22.2. The molecule has 3 aromatic rings. The number of halogens is 1. The van der Waals surface area contributed by atoms with Crippen molar-refractivity contribution in [3.05, 3.63) is 75.4 Å². The van der Waals surface area contributed by atoms with Crippen molar-refractivity contribution >= 4 is 52.6 Å². The van der Waals surface area contributed by atoms with E-state index in [1.807, 2.05) is 0 Å². The molecule has 0 spiro atoms. The number of carbonyl (C=O) groups is 3. The number of amides is 2. The highest BCUT2D eigenvalue weighted by Crippen LogP contribution is 2.28. The van der Waals surface area contributed by atoms with Gasteiger partial charge in [0.25, 0.3) is 0 Å². The number of nitrogens with one attached hydrogen (secondary N) is 2. The second-order valence-corrected chi connectivity index (χ2v) is 7.32. The molecule has 0 aliphatic rings. The number of esters is 1. The molecule has 0 bridgehead atoms. The van der Waals surface area contributed by atoms with Gasteiger partial charge in [-0.2, -0.15) is 5.10 Å². The minimum Gasteiger partial charge on any atom is -0.493 e. The number of carbonyl (C=O) groups excluding carboxylic acids is 3. The number of hydrogen-bond acceptors (Lipinski definition) is 7. The van der Waals surface area contributed by atoms with Crippen molar-refractivity contribution in [2.45, 2.75) is 0 Å². The first-order valence-corrected chi connectivity index (χ1v) is 10.1. The number of ether oxygens (including phenoxy) is 2. The van der Waals surface area contributed by atoms with Gasteiger partial charge in [0.15, 0.2) is 11.5 Å². The molecule has 2 N–H and O–H groups in total. The summed E-state index contributed by atoms with van der Waals surface area (Å²) in [7, 11) is 1.43. The number of methoxy groups -OCH3 is 1. The minimum atomic E-state index is -0.945. The molecule has 1 aromatic heterocycles. The number of rotatable bonds is 6. The summed E-state index contributed by atoms with van der Waals surface area (Å²) >= 11 is 7.04. The van der Waals surface area contributed by atoms with Gasteiger partial charge in [-0.3, -0.25) is 9.59 Å². The van der Waals surface area contributed by atoms with Gasteiger partial charge in [-0.25, -0.2) is 10.2 Å². The third-order valence-corrected chi connectivity index (χ3v) is 4.90. The zero-order valence-electron chi connectivity index (χ0n) is 16.1. The Balaban J connectivity index is 1.58. The van der Waals surface area contributed by atoms with Crippen LogP contribution in [0.2, 0.25) is 5.02 Å². The monoisotopic (exact) mass is 457 g/mol. The molecule has 10 heteroatoms. The molecule has 8 nitrogen and oxygen atoms in total. The minimum absolute atomic E-state index is 0.240. The Bertz CT molecular complexity index is 1110. The van der Waals surface area contributed by atoms with E-state index < -0.39 is 17.8 Å². The molecule has 0 saturated heterocycles. The summed E-state index contributed by atoms with van der Waals surface area (Å²) in [5, 5.41) is 8.46. The van der Waals surface area contributed by atoms with Crippen LogP contribution in [-0.2, 0) is 9.59 Å². The third-order valence-electron chi connectivity index (χ3n) is 3.80. The Morgan fingerprint density at radius 1 is 1.03 bits per heavy atom. The summed E-state index contributed by atoms with van der Waals surface area (Å²) in [4.78, 5) is 36.3. The van der Waals surface area contributed by atoms with E-state index in [0.29, 0.717) is 26.9 Å². The molecule has 31 heavy (non-hydrogen) atoms. The van der Waals surface area contributed by atoms with Gasteiger partial charge in [-0.1, -0.05) is 17.7 Å². The molecule has 1 heterocycles. The molecule has 3 rings (SSSR count). The van der Waals surface area contributed by atoms with Crippen LogP contribution < -0.4 is 20.2 Å². The van der Waals surface area contributed by atoms with Gasteiger partial charge >= 0.3 is 17.8 Å². The number of nitrogens with zero attached hydrogens (tertiary/aromatic N) is 1. The van der Waals surface area contributed by atoms with Crippen LogP contribution in [0.5, 0.6) is 11.5 Å². The van der Waals surface area contributed by atoms with Crippen LogP contribution in [0.4, 0.5) is 5.69 Å². The Kier molecular flexibility index (Phi) is 7.36. The molecule has 0 radical (unpaired) electrons. The Morgan fingerprint density at radius 3 is 2.48 bits per heavy atom. The smallest absolute Gasteiger partial charge is 0.353 e. The average molecular weight is 458 g/mol. The van der Waals surface area contributed by atoms with Crippen LogP contribution in [-0.4, -0.2) is 31.1 Å². The van der Waals surface area contributed by atoms with E-state index in [2.05, 4.69) is 15.8 Å². The highest BCUT2D eigenvalue weighted by Gasteiger charge is 2.14. The fourth-order valence-corrected chi connectivity index (χ4v) is 3.06. The zero-order valence-corrected chi connectivity index (χ0v) is 17.7. The van der Waals surface area contributed by atoms with Crippen LogP contribution in [0.3, 0.4) is 0 Å². The lowest BCUT2D eigenvalue weighted by Crippen LogP contribution is -2.32. The number of benzene rings is 2. The van der Waals surface area contributed by atoms with Gasteiger partial charge in [0.05, 0.1) is 13.3 Å². The summed E-state index contributed by atoms with van der Waals surface area (Å²) in [6.45, 7) is 0. The molecule has 0 fully saturated rings. The topological polar surface area (TPSA) is 106 Å². The summed E-state index contributed by atoms with van der Waals surface area (Å²) in [5.41, 5.74) is 3.10. The van der Waals surface area contributed by atoms with Crippen LogP contribution in [0, 0.1) is 0 Å². The Labute approximate surface area is 186 Å². The van der Waals surface area contributed by atoms with Crippen molar-refractivity contribution in [1.29, 1.82) is 0 Å². The molecule has 0 atom stereocenters. The van der Waals surface area contributed by atoms with E-state index in [1.165, 1.54) is 24.7 Å². The average Bonchev–Trinajstić information content (AvgIpc) is 3.31. The Morgan fingerprint density at radius 2 is 1.81 bits per heavy atom. The van der Waals surface area contributed by atoms with E-state index >= 15 is 0 Å². The molecule has 0 aliphatic carbocycles. The third kappa shape index (κ3) is 6.14. The van der Waals surface area contributed by atoms with Gasteiger partial charge < -0.3 is 14.8 Å². The second kappa shape index (κ2) is 10.4. The molecular weight excluding hydrogens is 442 g/mol. The van der Waals surface area contributed by atoms with Crippen LogP contribution in [0.1, 0.15) is 15.2 Å². The highest BCUT2D eigenvalue weighted by molar-refractivity contribution is 7.12. The molecule has 0 unspecified atom stereocenters. The Hall–Kier alpha value is -3.69. The molecule has 2 aromatic carbocycles. The fraction of sp³-hybridized carbons (Fsp3) is 0.0476. The summed E-state index contributed by atoms with van der Waals surface area (Å²) in [5.74, 6) is -1.77. The molecule has 158 valence electrons. The largest absolute Gasteiger partial charge is 0.493 e. The van der Waals surface area contributed by atoms with E-state index in [0.717, 1.165) is 0 Å². The van der Waals surface area contributed by atoms with Gasteiger partial charge in [-0.15, -0.1) is 11.3 Å². The van der Waals surface area contributed by atoms with Crippen molar-refractivity contribution in [1.82, 2.24) is 5.43 Å². The van der Waals surface area contributed by atoms with Crippen molar-refractivity contribution < 1.29 is 23.9 Å². The lowest BCUT2D eigenvalue weighted by Gasteiger charge is -2.09. The lowest BCUT2D eigenvalue weighted by molar-refractivity contribution is -0.136. The van der Waals surface area contributed by atoms with Gasteiger partial charge in [-0.05, 0) is 59.5 Å². The normalized spacial score (nSPS) is 10.5. The SMILES string of the molecule is COc1cc(C=NNC(=O)C(=O)Nc2ccc(Cl)cc2)ccc1OC(=O)c1cccs1. The van der Waals surface area contributed by atoms with Crippen molar-refractivity contribution in [3.63, 3.8) is 0 Å². The first-order chi connectivity index (χ1) is 15.0. The maximum Gasteiger partial charge on any atom is 0.353 e. The van der Waals surface area contributed by atoms with Crippen LogP contribution >= 0.6 is 22.9 Å². The number of thiophene rings is 1. The molecule has 0 saturated carbocycles. The van der Waals surface area contributed by atoms with E-state index in [1.54, 1.807) is 60.0 Å². The predicted molar refractivity (Wildman–Crippen MR) is 118 cm³/mol. The van der Waals surface area contributed by atoms with E-state index in [4.69, 9.17) is 21.1 Å². The van der Waals surface area contributed by atoms with E-state index in [-0.39, 0.29) is 5.75 Å². The van der Waals surface area contributed by atoms with Crippen molar-refractivity contribution in [2.75, 3.05) is 12.4 Å². The fourth-order valence-electron chi connectivity index (χ4n) is 2.33. The predicted octanol–water partition coefficient (Wildman–Crippen LogP) is 3.72. The highest BCUT2D eigenvalue weighted by atomic mass is 35.5. The standard InChI is InChI=1S/C21H16ClN3O5S/c1-29-17-11-13(4-9-16(17)30-21(28)18-3-2-10-31-18)12-23-25-20(27)19(26)24-15-7-5-14(22)6-8-15/h2-12H,1H3,(H,24,26)(H,25,27). The van der Waals surface area contributed by atoms with Gasteiger partial charge in [0, 0.05) is 10.7 Å². The van der Waals surface area contributed by atoms with Gasteiger partial charge in [0.2, 0.25) is 0 Å². The number of anilines is 1. The summed E-state index contributed by atoms with van der Waals surface area (Å²) < 4.78 is 10.6. The lowest BCUT2D eigenvalue weighted by atomic mass is 10.2. The second-order valence-electron chi connectivity index (χ2n) is 5.94. The summed E-state index contributed by atoms with van der Waals surface area (Å²) in [6.07, 6.45) is 1.32. The maximum absolute atomic E-state index is 12.1. The maximum atomic E-state index is 12.1. The summed E-state index contributed by atoms with van der Waals surface area (Å²) in [6, 6.07) is 14.4. The van der Waals surface area contributed by atoms with Crippen molar-refractivity contribution in [3.8, 4) is 11.5 Å². The first-order valence-electron chi connectivity index (χ1n) is 8.80. The quantitative estimate of drug-likeness (QED) is 0.193. The first kappa shape index (κ1) is 22.0. The number of hydrogen-bond donors (Lipinski definition) is 2.